The average Bonchev–Trinajstić information content (AvgIpc) is 2.48. The molecular formula is C14H15N3O3. The molecule has 0 radical (unpaired) electrons. The van der Waals surface area contributed by atoms with Gasteiger partial charge in [-0.15, -0.1) is 0 Å². The number of aromatic amines is 2. The second kappa shape index (κ2) is 5.05. The summed E-state index contributed by atoms with van der Waals surface area (Å²) < 4.78 is 0. The Hall–Kier alpha value is -2.21. The van der Waals surface area contributed by atoms with Crippen LogP contribution >= 0.6 is 0 Å². The van der Waals surface area contributed by atoms with Gasteiger partial charge in [0.1, 0.15) is 0 Å². The lowest BCUT2D eigenvalue weighted by molar-refractivity contribution is 0.0895. The zero-order valence-corrected chi connectivity index (χ0v) is 10.9. The number of hydrogen-bond acceptors (Lipinski definition) is 4. The Bertz CT molecular complexity index is 769. The first-order valence-corrected chi connectivity index (χ1v) is 6.66. The first-order chi connectivity index (χ1) is 9.65. The third-order valence-electron chi connectivity index (χ3n) is 3.72. The standard InChI is InChI=1S/C14H15N3O3/c18-12(8-3-5-15-6-4-8)9-1-2-10-11(7-9)17-14(20)13(19)16-10/h1-2,7-8,15H,3-6H2,(H,16,19)(H,17,20). The lowest BCUT2D eigenvalue weighted by Gasteiger charge is -2.21. The number of carbonyl (C=O) groups is 1. The normalized spacial score (nSPS) is 16.4. The van der Waals surface area contributed by atoms with Crippen LogP contribution in [0.4, 0.5) is 0 Å². The van der Waals surface area contributed by atoms with Gasteiger partial charge in [0.2, 0.25) is 0 Å². The van der Waals surface area contributed by atoms with Crippen molar-refractivity contribution in [2.45, 2.75) is 12.8 Å². The molecule has 1 aliphatic heterocycles. The zero-order chi connectivity index (χ0) is 14.1. The molecule has 0 spiro atoms. The summed E-state index contributed by atoms with van der Waals surface area (Å²) in [6.07, 6.45) is 1.66. The van der Waals surface area contributed by atoms with E-state index in [1.807, 2.05) is 0 Å². The summed E-state index contributed by atoms with van der Waals surface area (Å²) in [5, 5.41) is 3.22. The summed E-state index contributed by atoms with van der Waals surface area (Å²) in [5.41, 5.74) is 0.192. The van der Waals surface area contributed by atoms with Gasteiger partial charge in [0.15, 0.2) is 5.78 Å². The second-order valence-electron chi connectivity index (χ2n) is 5.06. The van der Waals surface area contributed by atoms with Crippen LogP contribution in [0.3, 0.4) is 0 Å². The quantitative estimate of drug-likeness (QED) is 0.545. The summed E-state index contributed by atoms with van der Waals surface area (Å²) in [5.74, 6) is 0.128. The summed E-state index contributed by atoms with van der Waals surface area (Å²) in [6, 6.07) is 4.99. The highest BCUT2D eigenvalue weighted by Crippen LogP contribution is 2.19. The van der Waals surface area contributed by atoms with Gasteiger partial charge in [-0.1, -0.05) is 0 Å². The Labute approximate surface area is 114 Å². The van der Waals surface area contributed by atoms with E-state index in [2.05, 4.69) is 15.3 Å². The van der Waals surface area contributed by atoms with Crippen LogP contribution in [0.15, 0.2) is 27.8 Å². The molecule has 6 nitrogen and oxygen atoms in total. The van der Waals surface area contributed by atoms with E-state index in [0.29, 0.717) is 16.6 Å². The number of carbonyl (C=O) groups excluding carboxylic acids is 1. The van der Waals surface area contributed by atoms with Gasteiger partial charge in [0.05, 0.1) is 11.0 Å². The number of hydrogen-bond donors (Lipinski definition) is 3. The minimum Gasteiger partial charge on any atom is -0.317 e. The SMILES string of the molecule is O=C(c1ccc2[nH]c(=O)c(=O)[nH]c2c1)C1CCNCC1. The van der Waals surface area contributed by atoms with Gasteiger partial charge in [-0.2, -0.15) is 0 Å². The zero-order valence-electron chi connectivity index (χ0n) is 10.9. The number of nitrogens with one attached hydrogen (secondary N) is 3. The monoisotopic (exact) mass is 273 g/mol. The lowest BCUT2D eigenvalue weighted by atomic mass is 9.89. The Balaban J connectivity index is 1.99. The molecule has 0 atom stereocenters. The van der Waals surface area contributed by atoms with Gasteiger partial charge in [-0.25, -0.2) is 0 Å². The molecule has 3 rings (SSSR count). The molecule has 3 N–H and O–H groups in total. The predicted octanol–water partition coefficient (Wildman–Crippen LogP) is 0.399. The van der Waals surface area contributed by atoms with Crippen molar-refractivity contribution in [1.29, 1.82) is 0 Å². The third-order valence-corrected chi connectivity index (χ3v) is 3.72. The minimum absolute atomic E-state index is 0.0307. The fraction of sp³-hybridized carbons (Fsp3) is 0.357. The average molecular weight is 273 g/mol. The number of rotatable bonds is 2. The van der Waals surface area contributed by atoms with E-state index in [-0.39, 0.29) is 11.7 Å². The molecule has 6 heteroatoms. The van der Waals surface area contributed by atoms with Crippen molar-refractivity contribution < 1.29 is 4.79 Å². The summed E-state index contributed by atoms with van der Waals surface area (Å²) in [6.45, 7) is 1.71. The molecule has 2 aromatic rings. The van der Waals surface area contributed by atoms with Gasteiger partial charge in [0.25, 0.3) is 0 Å². The smallest absolute Gasteiger partial charge is 0.314 e. The number of Topliss-reactive ketones (excluding diaryl/α,β-unsaturated/α-hetero) is 1. The van der Waals surface area contributed by atoms with Crippen molar-refractivity contribution in [2.24, 2.45) is 5.92 Å². The van der Waals surface area contributed by atoms with Gasteiger partial charge >= 0.3 is 11.1 Å². The molecule has 2 heterocycles. The highest BCUT2D eigenvalue weighted by atomic mass is 16.2. The molecule has 0 amide bonds. The molecule has 1 saturated heterocycles. The minimum atomic E-state index is -0.705. The number of H-pyrrole nitrogens is 2. The van der Waals surface area contributed by atoms with Crippen LogP contribution in [0, 0.1) is 5.92 Å². The molecule has 1 aromatic heterocycles. The molecule has 20 heavy (non-hydrogen) atoms. The van der Waals surface area contributed by atoms with Crippen molar-refractivity contribution in [1.82, 2.24) is 15.3 Å². The second-order valence-corrected chi connectivity index (χ2v) is 5.06. The van der Waals surface area contributed by atoms with E-state index in [1.54, 1.807) is 18.2 Å². The maximum Gasteiger partial charge on any atom is 0.314 e. The number of piperidine rings is 1. The third kappa shape index (κ3) is 2.30. The fourth-order valence-electron chi connectivity index (χ4n) is 2.59. The van der Waals surface area contributed by atoms with Crippen LogP contribution in [-0.2, 0) is 0 Å². The maximum atomic E-state index is 12.4. The molecule has 1 aliphatic rings. The molecule has 0 aliphatic carbocycles. The Morgan fingerprint density at radius 3 is 2.35 bits per heavy atom. The van der Waals surface area contributed by atoms with Crippen molar-refractivity contribution in [2.75, 3.05) is 13.1 Å². The number of fused-ring (bicyclic) bond motifs is 1. The topological polar surface area (TPSA) is 94.8 Å². The molecule has 0 unspecified atom stereocenters. The van der Waals surface area contributed by atoms with Crippen LogP contribution < -0.4 is 16.4 Å². The first-order valence-electron chi connectivity index (χ1n) is 6.66. The largest absolute Gasteiger partial charge is 0.317 e. The Morgan fingerprint density at radius 1 is 1.00 bits per heavy atom. The van der Waals surface area contributed by atoms with Crippen molar-refractivity contribution >= 4 is 16.8 Å². The van der Waals surface area contributed by atoms with Crippen molar-refractivity contribution in [3.8, 4) is 0 Å². The number of aromatic nitrogens is 2. The molecular weight excluding hydrogens is 258 g/mol. The van der Waals surface area contributed by atoms with E-state index in [9.17, 15) is 14.4 Å². The summed E-state index contributed by atoms with van der Waals surface area (Å²) in [4.78, 5) is 39.9. The fourth-order valence-corrected chi connectivity index (χ4v) is 2.59. The molecule has 0 bridgehead atoms. The first kappa shape index (κ1) is 12.8. The van der Waals surface area contributed by atoms with E-state index in [0.717, 1.165) is 25.9 Å². The van der Waals surface area contributed by atoms with E-state index in [4.69, 9.17) is 0 Å². The van der Waals surface area contributed by atoms with Crippen LogP contribution in [0.25, 0.3) is 11.0 Å². The van der Waals surface area contributed by atoms with E-state index >= 15 is 0 Å². The van der Waals surface area contributed by atoms with Crippen LogP contribution in [-0.4, -0.2) is 28.8 Å². The highest BCUT2D eigenvalue weighted by molar-refractivity contribution is 6.00. The van der Waals surface area contributed by atoms with Crippen LogP contribution in [0.5, 0.6) is 0 Å². The Kier molecular flexibility index (Phi) is 3.23. The van der Waals surface area contributed by atoms with Crippen molar-refractivity contribution in [3.63, 3.8) is 0 Å². The van der Waals surface area contributed by atoms with Crippen molar-refractivity contribution in [3.05, 3.63) is 44.5 Å². The predicted molar refractivity (Wildman–Crippen MR) is 75.1 cm³/mol. The van der Waals surface area contributed by atoms with Gasteiger partial charge in [-0.3, -0.25) is 14.4 Å². The van der Waals surface area contributed by atoms with Crippen LogP contribution in [0.1, 0.15) is 23.2 Å². The molecule has 104 valence electrons. The van der Waals surface area contributed by atoms with Gasteiger partial charge in [-0.05, 0) is 44.1 Å². The molecule has 1 fully saturated rings. The van der Waals surface area contributed by atoms with Gasteiger partial charge < -0.3 is 15.3 Å². The lowest BCUT2D eigenvalue weighted by Crippen LogP contribution is -2.32. The maximum absolute atomic E-state index is 12.4. The number of ketones is 1. The summed E-state index contributed by atoms with van der Waals surface area (Å²) >= 11 is 0. The molecule has 0 saturated carbocycles. The van der Waals surface area contributed by atoms with Gasteiger partial charge in [0, 0.05) is 11.5 Å². The van der Waals surface area contributed by atoms with E-state index in [1.165, 1.54) is 0 Å². The highest BCUT2D eigenvalue weighted by Gasteiger charge is 2.22. The van der Waals surface area contributed by atoms with E-state index < -0.39 is 11.1 Å². The summed E-state index contributed by atoms with van der Waals surface area (Å²) in [7, 11) is 0. The molecule has 1 aromatic carbocycles. The Morgan fingerprint density at radius 2 is 1.65 bits per heavy atom. The van der Waals surface area contributed by atoms with Crippen LogP contribution in [0.2, 0.25) is 0 Å². The number of benzene rings is 1.